The van der Waals surface area contributed by atoms with E-state index < -0.39 is 18.2 Å². The first-order chi connectivity index (χ1) is 9.52. The Morgan fingerprint density at radius 1 is 1.45 bits per heavy atom. The van der Waals surface area contributed by atoms with Crippen molar-refractivity contribution in [2.24, 2.45) is 0 Å². The van der Waals surface area contributed by atoms with Gasteiger partial charge < -0.3 is 19.7 Å². The highest BCUT2D eigenvalue weighted by Crippen LogP contribution is 2.29. The van der Waals surface area contributed by atoms with Crippen molar-refractivity contribution in [3.8, 4) is 5.75 Å². The maximum Gasteiger partial charge on any atom is 0.308 e. The minimum atomic E-state index is -1.29. The molecular weight excluding hydrogens is 264 g/mol. The summed E-state index contributed by atoms with van der Waals surface area (Å²) in [7, 11) is 1.20. The summed E-state index contributed by atoms with van der Waals surface area (Å²) in [6.07, 6.45) is -2.59. The third kappa shape index (κ3) is 2.97. The van der Waals surface area contributed by atoms with E-state index in [0.29, 0.717) is 23.5 Å². The molecule has 0 saturated carbocycles. The van der Waals surface area contributed by atoms with E-state index in [9.17, 15) is 19.8 Å². The molecule has 1 aromatic carbocycles. The lowest BCUT2D eigenvalue weighted by molar-refractivity contribution is -0.144. The largest absolute Gasteiger partial charge is 0.492 e. The number of aliphatic hydroxyl groups is 2. The molecule has 0 amide bonds. The standard InChI is InChI=1S/C14H16O6/c1-19-13(17)7-11(16)14(18)8-2-3-12-9(6-8)10(15)4-5-20-12/h2-3,6,11,14,16,18H,4-5,7H2,1H3. The molecule has 0 aliphatic carbocycles. The first-order valence-electron chi connectivity index (χ1n) is 6.26. The number of carbonyl (C=O) groups excluding carboxylic acids is 2. The van der Waals surface area contributed by atoms with Crippen LogP contribution >= 0.6 is 0 Å². The van der Waals surface area contributed by atoms with Crippen molar-refractivity contribution in [3.05, 3.63) is 29.3 Å². The maximum atomic E-state index is 11.8. The van der Waals surface area contributed by atoms with Crippen LogP contribution in [0.4, 0.5) is 0 Å². The Bertz CT molecular complexity index is 524. The lowest BCUT2D eigenvalue weighted by Gasteiger charge is -2.21. The monoisotopic (exact) mass is 280 g/mol. The van der Waals surface area contributed by atoms with Crippen molar-refractivity contribution in [3.63, 3.8) is 0 Å². The van der Waals surface area contributed by atoms with Crippen molar-refractivity contribution in [2.75, 3.05) is 13.7 Å². The molecule has 0 saturated heterocycles. The molecule has 20 heavy (non-hydrogen) atoms. The number of hydrogen-bond acceptors (Lipinski definition) is 6. The summed E-state index contributed by atoms with van der Waals surface area (Å²) in [6, 6.07) is 4.63. The number of carbonyl (C=O) groups is 2. The molecule has 6 nitrogen and oxygen atoms in total. The Morgan fingerprint density at radius 2 is 2.20 bits per heavy atom. The number of rotatable bonds is 4. The number of hydrogen-bond donors (Lipinski definition) is 2. The van der Waals surface area contributed by atoms with E-state index in [2.05, 4.69) is 4.74 Å². The van der Waals surface area contributed by atoms with Gasteiger partial charge in [-0.25, -0.2) is 0 Å². The van der Waals surface area contributed by atoms with Crippen molar-refractivity contribution in [1.82, 2.24) is 0 Å². The molecule has 1 aromatic rings. The number of ether oxygens (including phenoxy) is 2. The van der Waals surface area contributed by atoms with Gasteiger partial charge in [0.1, 0.15) is 11.9 Å². The minimum Gasteiger partial charge on any atom is -0.492 e. The zero-order chi connectivity index (χ0) is 14.7. The molecule has 1 aliphatic heterocycles. The molecule has 2 unspecified atom stereocenters. The fraction of sp³-hybridized carbons (Fsp3) is 0.429. The predicted molar refractivity (Wildman–Crippen MR) is 68.5 cm³/mol. The van der Waals surface area contributed by atoms with Crippen LogP contribution in [0.15, 0.2) is 18.2 Å². The summed E-state index contributed by atoms with van der Waals surface area (Å²) in [5.74, 6) is -0.212. The Kier molecular flexibility index (Phi) is 4.36. The number of ketones is 1. The van der Waals surface area contributed by atoms with Crippen LogP contribution in [0.5, 0.6) is 5.75 Å². The first kappa shape index (κ1) is 14.5. The second-order valence-corrected chi connectivity index (χ2v) is 4.57. The maximum absolute atomic E-state index is 11.8. The van der Waals surface area contributed by atoms with E-state index in [-0.39, 0.29) is 18.6 Å². The van der Waals surface area contributed by atoms with Gasteiger partial charge in [0, 0.05) is 6.42 Å². The summed E-state index contributed by atoms with van der Waals surface area (Å²) in [5, 5.41) is 19.8. The summed E-state index contributed by atoms with van der Waals surface area (Å²) in [4.78, 5) is 22.8. The lowest BCUT2D eigenvalue weighted by atomic mass is 9.96. The van der Waals surface area contributed by atoms with E-state index in [1.54, 1.807) is 12.1 Å². The minimum absolute atomic E-state index is 0.0669. The number of esters is 1. The lowest BCUT2D eigenvalue weighted by Crippen LogP contribution is -2.23. The summed E-state index contributed by atoms with van der Waals surface area (Å²) >= 11 is 0. The number of Topliss-reactive ketones (excluding diaryl/α,β-unsaturated/α-hetero) is 1. The average molecular weight is 280 g/mol. The Balaban J connectivity index is 2.18. The Hall–Kier alpha value is -1.92. The zero-order valence-corrected chi connectivity index (χ0v) is 11.0. The molecule has 1 aliphatic rings. The molecule has 0 radical (unpaired) electrons. The summed E-state index contributed by atoms with van der Waals surface area (Å²) in [6.45, 7) is 0.346. The Labute approximate surface area is 115 Å². The van der Waals surface area contributed by atoms with E-state index in [1.807, 2.05) is 0 Å². The fourth-order valence-corrected chi connectivity index (χ4v) is 2.05. The molecular formula is C14H16O6. The number of aliphatic hydroxyl groups excluding tert-OH is 2. The van der Waals surface area contributed by atoms with Gasteiger partial charge in [0.2, 0.25) is 0 Å². The van der Waals surface area contributed by atoms with Gasteiger partial charge in [-0.3, -0.25) is 9.59 Å². The van der Waals surface area contributed by atoms with Crippen molar-refractivity contribution in [1.29, 1.82) is 0 Å². The number of fused-ring (bicyclic) bond motifs is 1. The van der Waals surface area contributed by atoms with Gasteiger partial charge in [-0.05, 0) is 17.7 Å². The molecule has 2 N–H and O–H groups in total. The fourth-order valence-electron chi connectivity index (χ4n) is 2.05. The highest BCUT2D eigenvalue weighted by atomic mass is 16.5. The van der Waals surface area contributed by atoms with E-state index in [4.69, 9.17) is 4.74 Å². The predicted octanol–water partition coefficient (Wildman–Crippen LogP) is 0.609. The van der Waals surface area contributed by atoms with Gasteiger partial charge in [0.15, 0.2) is 5.78 Å². The summed E-state index contributed by atoms with van der Waals surface area (Å²) in [5.41, 5.74) is 0.747. The quantitative estimate of drug-likeness (QED) is 0.785. The van der Waals surface area contributed by atoms with Crippen LogP contribution < -0.4 is 4.74 Å². The molecule has 2 rings (SSSR count). The van der Waals surface area contributed by atoms with E-state index in [0.717, 1.165) is 0 Å². The second kappa shape index (κ2) is 6.02. The number of methoxy groups -OCH3 is 1. The zero-order valence-electron chi connectivity index (χ0n) is 11.0. The van der Waals surface area contributed by atoms with Crippen LogP contribution in [0.2, 0.25) is 0 Å². The first-order valence-corrected chi connectivity index (χ1v) is 6.26. The molecule has 6 heteroatoms. The van der Waals surface area contributed by atoms with Crippen LogP contribution in [0.1, 0.15) is 34.9 Å². The molecule has 0 aromatic heterocycles. The highest BCUT2D eigenvalue weighted by Gasteiger charge is 2.25. The average Bonchev–Trinajstić information content (AvgIpc) is 2.46. The number of benzene rings is 1. The second-order valence-electron chi connectivity index (χ2n) is 4.57. The van der Waals surface area contributed by atoms with Crippen LogP contribution in [-0.4, -0.2) is 41.8 Å². The molecule has 0 spiro atoms. The van der Waals surface area contributed by atoms with Crippen LogP contribution in [0.3, 0.4) is 0 Å². The van der Waals surface area contributed by atoms with E-state index in [1.165, 1.54) is 13.2 Å². The van der Waals surface area contributed by atoms with Crippen molar-refractivity contribution >= 4 is 11.8 Å². The smallest absolute Gasteiger partial charge is 0.308 e. The molecule has 1 heterocycles. The van der Waals surface area contributed by atoms with Crippen LogP contribution in [-0.2, 0) is 9.53 Å². The summed E-state index contributed by atoms with van der Waals surface area (Å²) < 4.78 is 9.76. The van der Waals surface area contributed by atoms with Crippen molar-refractivity contribution in [2.45, 2.75) is 25.0 Å². The Morgan fingerprint density at radius 3 is 2.90 bits per heavy atom. The van der Waals surface area contributed by atoms with Gasteiger partial charge in [-0.15, -0.1) is 0 Å². The normalized spacial score (nSPS) is 16.9. The SMILES string of the molecule is COC(=O)CC(O)C(O)c1ccc2c(c1)C(=O)CCO2. The van der Waals surface area contributed by atoms with Crippen LogP contribution in [0, 0.1) is 0 Å². The van der Waals surface area contributed by atoms with Gasteiger partial charge in [-0.2, -0.15) is 0 Å². The van der Waals surface area contributed by atoms with Crippen molar-refractivity contribution < 1.29 is 29.3 Å². The molecule has 108 valence electrons. The highest BCUT2D eigenvalue weighted by molar-refractivity contribution is 5.99. The van der Waals surface area contributed by atoms with Gasteiger partial charge in [-0.1, -0.05) is 6.07 Å². The van der Waals surface area contributed by atoms with Gasteiger partial charge in [0.25, 0.3) is 0 Å². The van der Waals surface area contributed by atoms with E-state index >= 15 is 0 Å². The van der Waals surface area contributed by atoms with Gasteiger partial charge >= 0.3 is 5.97 Å². The topological polar surface area (TPSA) is 93.1 Å². The molecule has 0 bridgehead atoms. The third-order valence-electron chi connectivity index (χ3n) is 3.20. The van der Waals surface area contributed by atoms with Crippen LogP contribution in [0.25, 0.3) is 0 Å². The van der Waals surface area contributed by atoms with Gasteiger partial charge in [0.05, 0.1) is 31.8 Å². The molecule has 0 fully saturated rings. The molecule has 2 atom stereocenters. The third-order valence-corrected chi connectivity index (χ3v) is 3.20.